The Kier molecular flexibility index (Phi) is 2.89. The molecule has 0 unspecified atom stereocenters. The number of thiazole rings is 1. The van der Waals surface area contributed by atoms with E-state index in [0.717, 1.165) is 16.9 Å². The molecule has 82 valence electrons. The molecule has 0 aliphatic heterocycles. The molecule has 2 heterocycles. The van der Waals surface area contributed by atoms with Gasteiger partial charge in [-0.3, -0.25) is 4.98 Å². The van der Waals surface area contributed by atoms with Crippen LogP contribution in [0.2, 0.25) is 5.02 Å². The summed E-state index contributed by atoms with van der Waals surface area (Å²) in [7, 11) is 0. The van der Waals surface area contributed by atoms with Gasteiger partial charge in [0.2, 0.25) is 0 Å². The Morgan fingerprint density at radius 2 is 2.25 bits per heavy atom. The minimum absolute atomic E-state index is 0.245. The summed E-state index contributed by atoms with van der Waals surface area (Å²) in [5.74, 6) is -0.962. The van der Waals surface area contributed by atoms with Crippen molar-refractivity contribution in [3.63, 3.8) is 0 Å². The van der Waals surface area contributed by atoms with Crippen molar-refractivity contribution in [2.75, 3.05) is 0 Å². The van der Waals surface area contributed by atoms with Gasteiger partial charge in [0.25, 0.3) is 0 Å². The maximum atomic E-state index is 10.9. The van der Waals surface area contributed by atoms with E-state index in [1.54, 1.807) is 19.2 Å². The summed E-state index contributed by atoms with van der Waals surface area (Å²) in [5, 5.41) is 10.0. The summed E-state index contributed by atoms with van der Waals surface area (Å²) in [4.78, 5) is 19.2. The van der Waals surface area contributed by atoms with Crippen LogP contribution in [0, 0.1) is 6.92 Å². The molecule has 0 saturated carbocycles. The van der Waals surface area contributed by atoms with Crippen LogP contribution in [-0.4, -0.2) is 21.0 Å². The first-order valence-electron chi connectivity index (χ1n) is 4.39. The van der Waals surface area contributed by atoms with E-state index in [4.69, 9.17) is 16.7 Å². The summed E-state index contributed by atoms with van der Waals surface area (Å²) in [6.07, 6.45) is 3.12. The van der Waals surface area contributed by atoms with Gasteiger partial charge in [0.05, 0.1) is 10.7 Å². The van der Waals surface area contributed by atoms with Crippen molar-refractivity contribution in [2.24, 2.45) is 0 Å². The smallest absolute Gasteiger partial charge is 0.347 e. The van der Waals surface area contributed by atoms with Gasteiger partial charge in [0.15, 0.2) is 0 Å². The second-order valence-electron chi connectivity index (χ2n) is 3.13. The highest BCUT2D eigenvalue weighted by Crippen LogP contribution is 2.28. The molecule has 2 rings (SSSR count). The predicted octanol–water partition coefficient (Wildman–Crippen LogP) is 2.87. The summed E-state index contributed by atoms with van der Waals surface area (Å²) < 4.78 is 0. The van der Waals surface area contributed by atoms with Gasteiger partial charge in [-0.2, -0.15) is 0 Å². The minimum Gasteiger partial charge on any atom is -0.477 e. The van der Waals surface area contributed by atoms with Crippen LogP contribution < -0.4 is 0 Å². The van der Waals surface area contributed by atoms with E-state index in [1.807, 2.05) is 0 Å². The zero-order chi connectivity index (χ0) is 11.7. The van der Waals surface area contributed by atoms with E-state index >= 15 is 0 Å². The molecule has 1 N–H and O–H groups in total. The number of aromatic carboxylic acids is 1. The minimum atomic E-state index is -0.962. The second kappa shape index (κ2) is 4.19. The number of rotatable bonds is 2. The third-order valence-electron chi connectivity index (χ3n) is 1.94. The highest BCUT2D eigenvalue weighted by atomic mass is 35.5. The fourth-order valence-electron chi connectivity index (χ4n) is 1.25. The SMILES string of the molecule is Cc1nc(-c2cncc(Cl)c2)sc1C(=O)O. The Morgan fingerprint density at radius 1 is 1.50 bits per heavy atom. The lowest BCUT2D eigenvalue weighted by atomic mass is 10.3. The number of carboxylic acids is 1. The van der Waals surface area contributed by atoms with Crippen molar-refractivity contribution < 1.29 is 9.90 Å². The van der Waals surface area contributed by atoms with Crippen molar-refractivity contribution in [2.45, 2.75) is 6.92 Å². The van der Waals surface area contributed by atoms with Crippen LogP contribution in [0.15, 0.2) is 18.5 Å². The van der Waals surface area contributed by atoms with E-state index in [9.17, 15) is 4.79 Å². The lowest BCUT2D eigenvalue weighted by molar-refractivity contribution is 0.0701. The standard InChI is InChI=1S/C10H7ClN2O2S/c1-5-8(10(14)15)16-9(13-5)6-2-7(11)4-12-3-6/h2-4H,1H3,(H,14,15). The van der Waals surface area contributed by atoms with Gasteiger partial charge >= 0.3 is 5.97 Å². The van der Waals surface area contributed by atoms with Crippen LogP contribution in [0.25, 0.3) is 10.6 Å². The number of hydrogen-bond acceptors (Lipinski definition) is 4. The Morgan fingerprint density at radius 3 is 2.81 bits per heavy atom. The van der Waals surface area contributed by atoms with E-state index in [2.05, 4.69) is 9.97 Å². The first-order valence-corrected chi connectivity index (χ1v) is 5.59. The molecular formula is C10H7ClN2O2S. The normalized spacial score (nSPS) is 10.4. The zero-order valence-corrected chi connectivity index (χ0v) is 9.84. The molecule has 0 amide bonds. The molecule has 0 atom stereocenters. The van der Waals surface area contributed by atoms with Gasteiger partial charge in [-0.1, -0.05) is 11.6 Å². The third kappa shape index (κ3) is 2.05. The van der Waals surface area contributed by atoms with Crippen LogP contribution in [-0.2, 0) is 0 Å². The summed E-state index contributed by atoms with van der Waals surface area (Å²) in [6, 6.07) is 1.71. The molecule has 0 aliphatic carbocycles. The second-order valence-corrected chi connectivity index (χ2v) is 4.57. The fraction of sp³-hybridized carbons (Fsp3) is 0.100. The largest absolute Gasteiger partial charge is 0.477 e. The Labute approximate surface area is 101 Å². The van der Waals surface area contributed by atoms with Gasteiger partial charge in [-0.15, -0.1) is 11.3 Å². The van der Waals surface area contributed by atoms with Crippen molar-refractivity contribution in [1.29, 1.82) is 0 Å². The number of carbonyl (C=O) groups is 1. The topological polar surface area (TPSA) is 63.1 Å². The first-order chi connectivity index (χ1) is 7.58. The molecule has 6 heteroatoms. The Balaban J connectivity index is 2.49. The molecule has 2 aromatic rings. The molecule has 0 bridgehead atoms. The fourth-order valence-corrected chi connectivity index (χ4v) is 2.31. The van der Waals surface area contributed by atoms with Crippen LogP contribution in [0.4, 0.5) is 0 Å². The lowest BCUT2D eigenvalue weighted by Crippen LogP contribution is -1.94. The van der Waals surface area contributed by atoms with Crippen molar-refractivity contribution in [3.8, 4) is 10.6 Å². The summed E-state index contributed by atoms with van der Waals surface area (Å²) in [5.41, 5.74) is 1.24. The molecule has 0 aromatic carbocycles. The van der Waals surface area contributed by atoms with Gasteiger partial charge in [0.1, 0.15) is 9.88 Å². The van der Waals surface area contributed by atoms with E-state index in [1.165, 1.54) is 6.20 Å². The Hall–Kier alpha value is -1.46. The van der Waals surface area contributed by atoms with Crippen LogP contribution >= 0.6 is 22.9 Å². The van der Waals surface area contributed by atoms with E-state index < -0.39 is 5.97 Å². The first kappa shape index (κ1) is 11.0. The highest BCUT2D eigenvalue weighted by molar-refractivity contribution is 7.17. The van der Waals surface area contributed by atoms with Crippen molar-refractivity contribution >= 4 is 28.9 Å². The number of aromatic nitrogens is 2. The van der Waals surface area contributed by atoms with Crippen LogP contribution in [0.5, 0.6) is 0 Å². The van der Waals surface area contributed by atoms with E-state index in [0.29, 0.717) is 15.7 Å². The average molecular weight is 255 g/mol. The predicted molar refractivity (Wildman–Crippen MR) is 62.1 cm³/mol. The number of nitrogens with zero attached hydrogens (tertiary/aromatic N) is 2. The molecule has 0 spiro atoms. The summed E-state index contributed by atoms with van der Waals surface area (Å²) in [6.45, 7) is 1.67. The quantitative estimate of drug-likeness (QED) is 0.895. The van der Waals surface area contributed by atoms with Crippen molar-refractivity contribution in [3.05, 3.63) is 34.1 Å². The molecule has 2 aromatic heterocycles. The van der Waals surface area contributed by atoms with Gasteiger partial charge in [0, 0.05) is 18.0 Å². The number of carboxylic acid groups (broad SMARTS) is 1. The molecule has 0 saturated heterocycles. The van der Waals surface area contributed by atoms with Crippen molar-refractivity contribution in [1.82, 2.24) is 9.97 Å². The number of halogens is 1. The van der Waals surface area contributed by atoms with Gasteiger partial charge in [-0.05, 0) is 13.0 Å². The highest BCUT2D eigenvalue weighted by Gasteiger charge is 2.15. The molecule has 0 fully saturated rings. The molecule has 4 nitrogen and oxygen atoms in total. The van der Waals surface area contributed by atoms with Crippen LogP contribution in [0.1, 0.15) is 15.4 Å². The maximum absolute atomic E-state index is 10.9. The molecular weight excluding hydrogens is 248 g/mol. The summed E-state index contributed by atoms with van der Waals surface area (Å²) >= 11 is 6.92. The monoisotopic (exact) mass is 254 g/mol. The lowest BCUT2D eigenvalue weighted by Gasteiger charge is -1.94. The molecule has 0 radical (unpaired) electrons. The molecule has 16 heavy (non-hydrogen) atoms. The number of hydrogen-bond donors (Lipinski definition) is 1. The molecule has 0 aliphatic rings. The van der Waals surface area contributed by atoms with E-state index in [-0.39, 0.29) is 4.88 Å². The van der Waals surface area contributed by atoms with Gasteiger partial charge in [-0.25, -0.2) is 9.78 Å². The maximum Gasteiger partial charge on any atom is 0.347 e. The van der Waals surface area contributed by atoms with Gasteiger partial charge < -0.3 is 5.11 Å². The number of aryl methyl sites for hydroxylation is 1. The zero-order valence-electron chi connectivity index (χ0n) is 8.27. The third-order valence-corrected chi connectivity index (χ3v) is 3.34. The number of pyridine rings is 1. The average Bonchev–Trinajstić information content (AvgIpc) is 2.60. The van der Waals surface area contributed by atoms with Crippen LogP contribution in [0.3, 0.4) is 0 Å². The Bertz CT molecular complexity index is 554.